The molecule has 1 aromatic rings. The van der Waals surface area contributed by atoms with E-state index in [4.69, 9.17) is 5.73 Å². The van der Waals surface area contributed by atoms with Gasteiger partial charge >= 0.3 is 0 Å². The van der Waals surface area contributed by atoms with Gasteiger partial charge < -0.3 is 11.1 Å². The highest BCUT2D eigenvalue weighted by atomic mass is 16.6. The molecule has 3 N–H and O–H groups in total. The van der Waals surface area contributed by atoms with Gasteiger partial charge in [-0.05, 0) is 42.1 Å². The molecule has 0 aromatic heterocycles. The van der Waals surface area contributed by atoms with Gasteiger partial charge in [0.15, 0.2) is 0 Å². The number of anilines is 2. The number of hydrogen-bond acceptors (Lipinski definition) is 4. The molecule has 2 fully saturated rings. The Kier molecular flexibility index (Phi) is 2.94. The summed E-state index contributed by atoms with van der Waals surface area (Å²) in [5.41, 5.74) is 7.82. The van der Waals surface area contributed by atoms with E-state index in [0.717, 1.165) is 11.6 Å². The van der Waals surface area contributed by atoms with E-state index in [9.17, 15) is 10.1 Å². The lowest BCUT2D eigenvalue weighted by atomic mass is 9.68. The molecule has 0 heterocycles. The maximum absolute atomic E-state index is 10.8. The van der Waals surface area contributed by atoms with Crippen molar-refractivity contribution >= 4 is 17.1 Å². The zero-order valence-electron chi connectivity index (χ0n) is 12.8. The van der Waals surface area contributed by atoms with E-state index in [-0.39, 0.29) is 11.1 Å². The molecule has 21 heavy (non-hydrogen) atoms. The number of fused-ring (bicyclic) bond motifs is 2. The average Bonchev–Trinajstić information content (AvgIpc) is 2.87. The summed E-state index contributed by atoms with van der Waals surface area (Å²) in [5, 5.41) is 14.4. The van der Waals surface area contributed by atoms with Crippen LogP contribution in [0.25, 0.3) is 0 Å². The highest BCUT2D eigenvalue weighted by molar-refractivity contribution is 5.70. The Morgan fingerprint density at radius 1 is 1.38 bits per heavy atom. The fraction of sp³-hybridized carbons (Fsp3) is 0.625. The molecule has 114 valence electrons. The maximum Gasteiger partial charge on any atom is 0.271 e. The third kappa shape index (κ3) is 2.06. The first-order chi connectivity index (χ1) is 9.74. The predicted molar refractivity (Wildman–Crippen MR) is 84.1 cm³/mol. The minimum Gasteiger partial charge on any atom is -0.397 e. The third-order valence-electron chi connectivity index (χ3n) is 5.82. The normalized spacial score (nSPS) is 33.1. The fourth-order valence-corrected chi connectivity index (χ4v) is 4.61. The minimum atomic E-state index is -0.414. The number of nitro benzene ring substituents is 1. The molecule has 3 rings (SSSR count). The van der Waals surface area contributed by atoms with Crippen molar-refractivity contribution in [3.63, 3.8) is 0 Å². The van der Waals surface area contributed by atoms with Gasteiger partial charge in [-0.3, -0.25) is 10.1 Å². The number of non-ortho nitro benzene ring substituents is 1. The fourth-order valence-electron chi connectivity index (χ4n) is 4.61. The molecule has 5 heteroatoms. The molecule has 2 bridgehead atoms. The van der Waals surface area contributed by atoms with E-state index in [1.54, 1.807) is 6.07 Å². The van der Waals surface area contributed by atoms with Crippen LogP contribution in [-0.2, 0) is 0 Å². The van der Waals surface area contributed by atoms with Crippen LogP contribution in [0, 0.1) is 26.9 Å². The van der Waals surface area contributed by atoms with E-state index in [1.165, 1.54) is 31.4 Å². The van der Waals surface area contributed by atoms with Crippen LogP contribution in [0.15, 0.2) is 18.2 Å². The topological polar surface area (TPSA) is 81.2 Å². The smallest absolute Gasteiger partial charge is 0.271 e. The number of nitrogens with zero attached hydrogens (tertiary/aromatic N) is 1. The van der Waals surface area contributed by atoms with Gasteiger partial charge in [-0.15, -0.1) is 0 Å². The number of hydrogen-bond donors (Lipinski definition) is 2. The van der Waals surface area contributed by atoms with Crippen LogP contribution < -0.4 is 11.1 Å². The van der Waals surface area contributed by atoms with Crippen LogP contribution in [0.3, 0.4) is 0 Å². The molecule has 3 unspecified atom stereocenters. The molecule has 0 spiro atoms. The number of benzene rings is 1. The van der Waals surface area contributed by atoms with Gasteiger partial charge in [-0.25, -0.2) is 0 Å². The first-order valence-corrected chi connectivity index (χ1v) is 7.54. The number of nitrogen functional groups attached to an aromatic ring is 1. The van der Waals surface area contributed by atoms with E-state index in [1.807, 2.05) is 0 Å². The van der Waals surface area contributed by atoms with Gasteiger partial charge in [0.1, 0.15) is 0 Å². The molecule has 2 aliphatic rings. The summed E-state index contributed by atoms with van der Waals surface area (Å²) in [7, 11) is 0. The maximum atomic E-state index is 10.8. The molecule has 3 atom stereocenters. The van der Waals surface area contributed by atoms with Crippen LogP contribution in [0.2, 0.25) is 0 Å². The first-order valence-electron chi connectivity index (χ1n) is 7.54. The van der Waals surface area contributed by atoms with Crippen molar-refractivity contribution in [2.75, 3.05) is 11.1 Å². The second-order valence-corrected chi connectivity index (χ2v) is 7.52. The summed E-state index contributed by atoms with van der Waals surface area (Å²) in [4.78, 5) is 10.4. The molecule has 0 saturated heterocycles. The Morgan fingerprint density at radius 3 is 2.62 bits per heavy atom. The summed E-state index contributed by atoms with van der Waals surface area (Å²) in [6.45, 7) is 6.99. The Bertz CT molecular complexity index is 594. The van der Waals surface area contributed by atoms with Crippen molar-refractivity contribution in [3.05, 3.63) is 28.3 Å². The summed E-state index contributed by atoms with van der Waals surface area (Å²) < 4.78 is 0. The van der Waals surface area contributed by atoms with Crippen LogP contribution in [0.1, 0.15) is 40.0 Å². The van der Waals surface area contributed by atoms with Crippen LogP contribution in [-0.4, -0.2) is 11.0 Å². The summed E-state index contributed by atoms with van der Waals surface area (Å²) >= 11 is 0. The van der Waals surface area contributed by atoms with Crippen molar-refractivity contribution in [1.82, 2.24) is 0 Å². The Labute approximate surface area is 125 Å². The van der Waals surface area contributed by atoms with E-state index in [0.29, 0.717) is 17.1 Å². The molecular formula is C16H23N3O2. The molecule has 2 saturated carbocycles. The second-order valence-electron chi connectivity index (χ2n) is 7.52. The van der Waals surface area contributed by atoms with E-state index >= 15 is 0 Å². The molecule has 0 radical (unpaired) electrons. The predicted octanol–water partition coefficient (Wildman–Crippen LogP) is 3.80. The third-order valence-corrected chi connectivity index (χ3v) is 5.82. The summed E-state index contributed by atoms with van der Waals surface area (Å²) in [6, 6.07) is 5.04. The molecular weight excluding hydrogens is 266 g/mol. The first kappa shape index (κ1) is 14.2. The van der Waals surface area contributed by atoms with Crippen LogP contribution >= 0.6 is 0 Å². The number of rotatable bonds is 3. The zero-order valence-corrected chi connectivity index (χ0v) is 12.8. The Hall–Kier alpha value is -1.78. The second kappa shape index (κ2) is 4.36. The number of nitro groups is 1. The monoisotopic (exact) mass is 289 g/mol. The highest BCUT2D eigenvalue weighted by Crippen LogP contribution is 2.63. The molecule has 5 nitrogen and oxygen atoms in total. The van der Waals surface area contributed by atoms with Crippen molar-refractivity contribution < 1.29 is 4.92 Å². The number of nitrogens with two attached hydrogens (primary N) is 1. The molecule has 0 aliphatic heterocycles. The molecule has 1 aromatic carbocycles. The largest absolute Gasteiger partial charge is 0.397 e. The lowest BCUT2D eigenvalue weighted by Crippen LogP contribution is -2.45. The Morgan fingerprint density at radius 2 is 2.10 bits per heavy atom. The highest BCUT2D eigenvalue weighted by Gasteiger charge is 2.59. The molecule has 0 amide bonds. The lowest BCUT2D eigenvalue weighted by molar-refractivity contribution is -0.384. The van der Waals surface area contributed by atoms with Crippen molar-refractivity contribution in [3.8, 4) is 0 Å². The SMILES string of the molecule is CC12CCC(C1)C(C)(C)C2Nc1ccc([N+](=O)[O-])cc1N. The number of nitrogens with one attached hydrogen (secondary N) is 1. The lowest BCUT2D eigenvalue weighted by Gasteiger charge is -2.43. The van der Waals surface area contributed by atoms with Gasteiger partial charge in [-0.1, -0.05) is 20.8 Å². The van der Waals surface area contributed by atoms with Crippen LogP contribution in [0.4, 0.5) is 17.1 Å². The Balaban J connectivity index is 1.88. The molecule has 2 aliphatic carbocycles. The van der Waals surface area contributed by atoms with Gasteiger partial charge in [0.05, 0.1) is 16.3 Å². The van der Waals surface area contributed by atoms with Crippen molar-refractivity contribution in [1.29, 1.82) is 0 Å². The van der Waals surface area contributed by atoms with Gasteiger partial charge in [0.25, 0.3) is 5.69 Å². The summed E-state index contributed by atoms with van der Waals surface area (Å²) in [6.07, 6.45) is 3.80. The van der Waals surface area contributed by atoms with Gasteiger partial charge in [0, 0.05) is 18.2 Å². The van der Waals surface area contributed by atoms with Crippen molar-refractivity contribution in [2.45, 2.75) is 46.1 Å². The van der Waals surface area contributed by atoms with Gasteiger partial charge in [0.2, 0.25) is 0 Å². The summed E-state index contributed by atoms with van der Waals surface area (Å²) in [5.74, 6) is 0.749. The van der Waals surface area contributed by atoms with E-state index < -0.39 is 4.92 Å². The standard InChI is InChI=1S/C16H23N3O2/c1-15(2)10-6-7-16(3,9-10)14(15)18-13-5-4-11(19(20)21)8-12(13)17/h4-5,8,10,14,18H,6-7,9,17H2,1-3H3. The average molecular weight is 289 g/mol. The minimum absolute atomic E-state index is 0.0384. The zero-order chi connectivity index (χ0) is 15.4. The van der Waals surface area contributed by atoms with Gasteiger partial charge in [-0.2, -0.15) is 0 Å². The quantitative estimate of drug-likeness (QED) is 0.503. The van der Waals surface area contributed by atoms with E-state index in [2.05, 4.69) is 26.1 Å². The van der Waals surface area contributed by atoms with Crippen molar-refractivity contribution in [2.24, 2.45) is 16.7 Å². The van der Waals surface area contributed by atoms with Crippen LogP contribution in [0.5, 0.6) is 0 Å².